The van der Waals surface area contributed by atoms with Gasteiger partial charge in [-0.3, -0.25) is 9.59 Å². The summed E-state index contributed by atoms with van der Waals surface area (Å²) in [5, 5.41) is 2.72. The van der Waals surface area contributed by atoms with Crippen LogP contribution >= 0.6 is 0 Å². The van der Waals surface area contributed by atoms with E-state index in [9.17, 15) is 9.59 Å². The third-order valence-corrected chi connectivity index (χ3v) is 3.37. The highest BCUT2D eigenvalue weighted by Gasteiger charge is 2.05. The van der Waals surface area contributed by atoms with E-state index in [1.807, 2.05) is 32.0 Å². The van der Waals surface area contributed by atoms with Crippen molar-refractivity contribution in [2.75, 3.05) is 18.5 Å². The van der Waals surface area contributed by atoms with E-state index in [0.717, 1.165) is 5.56 Å². The van der Waals surface area contributed by atoms with E-state index < -0.39 is 5.91 Å². The molecular formula is C18H20N2O4. The quantitative estimate of drug-likeness (QED) is 0.815. The second-order valence-electron chi connectivity index (χ2n) is 5.36. The number of ether oxygens (including phenoxy) is 2. The lowest BCUT2D eigenvalue weighted by Gasteiger charge is -2.10. The molecule has 3 N–H and O–H groups in total. The highest BCUT2D eigenvalue weighted by molar-refractivity contribution is 5.91. The van der Waals surface area contributed by atoms with Crippen molar-refractivity contribution in [2.45, 2.75) is 13.8 Å². The van der Waals surface area contributed by atoms with Crippen LogP contribution in [0.2, 0.25) is 0 Å². The Balaban J connectivity index is 1.83. The van der Waals surface area contributed by atoms with Gasteiger partial charge in [-0.15, -0.1) is 0 Å². The largest absolute Gasteiger partial charge is 0.484 e. The van der Waals surface area contributed by atoms with Gasteiger partial charge in [-0.2, -0.15) is 0 Å². The molecule has 0 spiro atoms. The molecule has 0 radical (unpaired) electrons. The van der Waals surface area contributed by atoms with Gasteiger partial charge in [-0.25, -0.2) is 0 Å². The molecule has 0 unspecified atom stereocenters. The van der Waals surface area contributed by atoms with Crippen molar-refractivity contribution in [3.05, 3.63) is 53.6 Å². The Morgan fingerprint density at radius 2 is 1.54 bits per heavy atom. The van der Waals surface area contributed by atoms with Crippen LogP contribution in [0.3, 0.4) is 0 Å². The first-order chi connectivity index (χ1) is 11.4. The van der Waals surface area contributed by atoms with Gasteiger partial charge in [0.05, 0.1) is 0 Å². The zero-order valence-corrected chi connectivity index (χ0v) is 13.7. The Morgan fingerprint density at radius 3 is 2.17 bits per heavy atom. The molecule has 126 valence electrons. The van der Waals surface area contributed by atoms with Crippen LogP contribution in [0.15, 0.2) is 42.5 Å². The van der Waals surface area contributed by atoms with Crippen molar-refractivity contribution in [3.63, 3.8) is 0 Å². The number of nitrogens with one attached hydrogen (secondary N) is 1. The van der Waals surface area contributed by atoms with E-state index in [4.69, 9.17) is 15.2 Å². The van der Waals surface area contributed by atoms with Gasteiger partial charge in [-0.05, 0) is 61.4 Å². The number of anilines is 1. The topological polar surface area (TPSA) is 90.7 Å². The average molecular weight is 328 g/mol. The molecule has 2 rings (SSSR count). The van der Waals surface area contributed by atoms with E-state index in [-0.39, 0.29) is 19.1 Å². The van der Waals surface area contributed by atoms with Crippen LogP contribution in [0.1, 0.15) is 11.1 Å². The molecule has 6 nitrogen and oxygen atoms in total. The molecule has 0 bridgehead atoms. The minimum atomic E-state index is -0.545. The van der Waals surface area contributed by atoms with Crippen LogP contribution in [0, 0.1) is 13.8 Å². The van der Waals surface area contributed by atoms with Gasteiger partial charge in [0, 0.05) is 5.69 Å². The lowest BCUT2D eigenvalue weighted by molar-refractivity contribution is -0.120. The molecule has 0 fully saturated rings. The number of nitrogens with two attached hydrogens (primary N) is 1. The number of amides is 2. The summed E-state index contributed by atoms with van der Waals surface area (Å²) in [6.07, 6.45) is 0. The smallest absolute Gasteiger partial charge is 0.262 e. The van der Waals surface area contributed by atoms with Crippen LogP contribution in [0.25, 0.3) is 0 Å². The maximum Gasteiger partial charge on any atom is 0.262 e. The lowest BCUT2D eigenvalue weighted by atomic mass is 10.1. The molecule has 0 aromatic heterocycles. The Labute approximate surface area is 140 Å². The minimum Gasteiger partial charge on any atom is -0.484 e. The Bertz CT molecular complexity index is 726. The van der Waals surface area contributed by atoms with Gasteiger partial charge >= 0.3 is 0 Å². The van der Waals surface area contributed by atoms with Crippen LogP contribution in [0.4, 0.5) is 5.69 Å². The first kappa shape index (κ1) is 17.3. The summed E-state index contributed by atoms with van der Waals surface area (Å²) < 4.78 is 10.6. The molecule has 0 saturated carbocycles. The van der Waals surface area contributed by atoms with Crippen molar-refractivity contribution in [1.29, 1.82) is 0 Å². The van der Waals surface area contributed by atoms with Gasteiger partial charge in [-0.1, -0.05) is 6.07 Å². The third-order valence-electron chi connectivity index (χ3n) is 3.37. The molecule has 6 heteroatoms. The summed E-state index contributed by atoms with van der Waals surface area (Å²) in [7, 11) is 0. The average Bonchev–Trinajstić information content (AvgIpc) is 2.55. The molecule has 0 aliphatic heterocycles. The summed E-state index contributed by atoms with van der Waals surface area (Å²) in [4.78, 5) is 22.5. The SMILES string of the molecule is Cc1ccc(OCC(=O)Nc2ccc(OCC(N)=O)cc2)cc1C. The van der Waals surface area contributed by atoms with Crippen LogP contribution in [0.5, 0.6) is 11.5 Å². The number of rotatable bonds is 7. The Kier molecular flexibility index (Phi) is 5.78. The minimum absolute atomic E-state index is 0.0809. The second-order valence-corrected chi connectivity index (χ2v) is 5.36. The summed E-state index contributed by atoms with van der Waals surface area (Å²) in [5.74, 6) is 0.344. The molecule has 2 amide bonds. The molecule has 2 aromatic rings. The van der Waals surface area contributed by atoms with Crippen molar-refractivity contribution in [2.24, 2.45) is 5.73 Å². The van der Waals surface area contributed by atoms with Crippen LogP contribution in [-0.2, 0) is 9.59 Å². The Morgan fingerprint density at radius 1 is 0.917 bits per heavy atom. The zero-order valence-electron chi connectivity index (χ0n) is 13.7. The van der Waals surface area contributed by atoms with Gasteiger partial charge in [0.15, 0.2) is 13.2 Å². The molecular weight excluding hydrogens is 308 g/mol. The summed E-state index contributed by atoms with van der Waals surface area (Å²) >= 11 is 0. The van der Waals surface area contributed by atoms with Gasteiger partial charge in [0.1, 0.15) is 11.5 Å². The molecule has 24 heavy (non-hydrogen) atoms. The lowest BCUT2D eigenvalue weighted by Crippen LogP contribution is -2.20. The van der Waals surface area contributed by atoms with E-state index in [1.165, 1.54) is 5.56 Å². The molecule has 0 aliphatic rings. The summed E-state index contributed by atoms with van der Waals surface area (Å²) in [6, 6.07) is 12.3. The van der Waals surface area contributed by atoms with Crippen molar-refractivity contribution in [1.82, 2.24) is 0 Å². The maximum atomic E-state index is 11.9. The van der Waals surface area contributed by atoms with Crippen LogP contribution < -0.4 is 20.5 Å². The van der Waals surface area contributed by atoms with E-state index in [0.29, 0.717) is 17.2 Å². The molecule has 0 atom stereocenters. The molecule has 0 aliphatic carbocycles. The number of aryl methyl sites for hydroxylation is 2. The van der Waals surface area contributed by atoms with Crippen molar-refractivity contribution < 1.29 is 19.1 Å². The molecule has 0 heterocycles. The summed E-state index contributed by atoms with van der Waals surface area (Å²) in [6.45, 7) is 3.74. The highest BCUT2D eigenvalue weighted by atomic mass is 16.5. The second kappa shape index (κ2) is 8.01. The number of carbonyl (C=O) groups excluding carboxylic acids is 2. The van der Waals surface area contributed by atoms with Gasteiger partial charge in [0.2, 0.25) is 0 Å². The monoisotopic (exact) mass is 328 g/mol. The number of benzene rings is 2. The standard InChI is InChI=1S/C18H20N2O4/c1-12-3-6-16(9-13(12)2)24-11-18(22)20-14-4-7-15(8-5-14)23-10-17(19)21/h3-9H,10-11H2,1-2H3,(H2,19,21)(H,20,22). The van der Waals surface area contributed by atoms with E-state index in [2.05, 4.69) is 5.32 Å². The fourth-order valence-electron chi connectivity index (χ4n) is 1.94. The first-order valence-corrected chi connectivity index (χ1v) is 7.45. The van der Waals surface area contributed by atoms with E-state index in [1.54, 1.807) is 24.3 Å². The van der Waals surface area contributed by atoms with E-state index >= 15 is 0 Å². The normalized spacial score (nSPS) is 10.1. The van der Waals surface area contributed by atoms with Crippen molar-refractivity contribution >= 4 is 17.5 Å². The highest BCUT2D eigenvalue weighted by Crippen LogP contribution is 2.17. The fraction of sp³-hybridized carbons (Fsp3) is 0.222. The van der Waals surface area contributed by atoms with Crippen LogP contribution in [-0.4, -0.2) is 25.0 Å². The first-order valence-electron chi connectivity index (χ1n) is 7.45. The number of primary amides is 1. The fourth-order valence-corrected chi connectivity index (χ4v) is 1.94. The predicted octanol–water partition coefficient (Wildman–Crippen LogP) is 2.19. The number of hydrogen-bond donors (Lipinski definition) is 2. The van der Waals surface area contributed by atoms with Gasteiger partial charge < -0.3 is 20.5 Å². The summed E-state index contributed by atoms with van der Waals surface area (Å²) in [5.41, 5.74) is 7.89. The predicted molar refractivity (Wildman–Crippen MR) is 91.2 cm³/mol. The zero-order chi connectivity index (χ0) is 17.5. The molecule has 0 saturated heterocycles. The van der Waals surface area contributed by atoms with Gasteiger partial charge in [0.25, 0.3) is 11.8 Å². The number of carbonyl (C=O) groups is 2. The number of hydrogen-bond acceptors (Lipinski definition) is 4. The van der Waals surface area contributed by atoms with Crippen molar-refractivity contribution in [3.8, 4) is 11.5 Å². The maximum absolute atomic E-state index is 11.9. The third kappa shape index (κ3) is 5.31. The molecule has 2 aromatic carbocycles. The Hall–Kier alpha value is -3.02.